The molecule has 0 bridgehead atoms. The summed E-state index contributed by atoms with van der Waals surface area (Å²) in [5.74, 6) is -11.1. The Labute approximate surface area is 208 Å². The number of unbranched alkanes of at least 4 members (excludes halogenated alkanes) is 3. The van der Waals surface area contributed by atoms with Gasteiger partial charge in [0.2, 0.25) is 11.6 Å². The Morgan fingerprint density at radius 3 is 1.73 bits per heavy atom. The fourth-order valence-electron chi connectivity index (χ4n) is 2.81. The maximum absolute atomic E-state index is 14.2. The molecule has 206 valence electrons. The zero-order chi connectivity index (χ0) is 28.0. The first kappa shape index (κ1) is 30.4. The molecule has 0 saturated carbocycles. The van der Waals surface area contributed by atoms with Crippen molar-refractivity contribution in [3.05, 3.63) is 59.7 Å². The normalized spacial score (nSPS) is 12.4. The van der Waals surface area contributed by atoms with E-state index >= 15 is 0 Å². The number of hydrogen-bond donors (Lipinski definition) is 1. The van der Waals surface area contributed by atoms with Gasteiger partial charge >= 0.3 is 15.5 Å². The molecular formula is C21H20F7NO6S2. The maximum atomic E-state index is 14.2. The standard InChI is InChI=1S/C21H20F7NO6S2/c1-2-13-7-9-14(10-8-13)34-11-5-3-4-6-12-35-19-15(22)17(24)20(18(25)16(19)23)36(30,31)29-37(32,33)21(26,27)28/h2,7-10,29H,1,3-6,11-12H2. The summed E-state index contributed by atoms with van der Waals surface area (Å²) in [5, 5.41) is 0. The van der Waals surface area contributed by atoms with Gasteiger partial charge in [0.15, 0.2) is 22.3 Å². The highest BCUT2D eigenvalue weighted by atomic mass is 32.3. The summed E-state index contributed by atoms with van der Waals surface area (Å²) < 4.78 is 150. The summed E-state index contributed by atoms with van der Waals surface area (Å²) in [7, 11) is -12.9. The van der Waals surface area contributed by atoms with Crippen LogP contribution >= 0.6 is 0 Å². The lowest BCUT2D eigenvalue weighted by molar-refractivity contribution is -0.0441. The van der Waals surface area contributed by atoms with Gasteiger partial charge < -0.3 is 9.47 Å². The molecule has 0 spiro atoms. The van der Waals surface area contributed by atoms with Crippen molar-refractivity contribution in [1.29, 1.82) is 0 Å². The predicted octanol–water partition coefficient (Wildman–Crippen LogP) is 5.03. The van der Waals surface area contributed by atoms with Gasteiger partial charge in [0.25, 0.3) is 10.0 Å². The van der Waals surface area contributed by atoms with Gasteiger partial charge in [-0.15, -0.1) is 0 Å². The summed E-state index contributed by atoms with van der Waals surface area (Å²) in [6, 6.07) is 7.14. The van der Waals surface area contributed by atoms with E-state index in [4.69, 9.17) is 4.74 Å². The summed E-state index contributed by atoms with van der Waals surface area (Å²) in [6.07, 6.45) is 3.44. The van der Waals surface area contributed by atoms with Crippen molar-refractivity contribution in [3.63, 3.8) is 0 Å². The van der Waals surface area contributed by atoms with Gasteiger partial charge in [-0.1, -0.05) is 28.9 Å². The Morgan fingerprint density at radius 1 is 0.784 bits per heavy atom. The molecule has 0 amide bonds. The predicted molar refractivity (Wildman–Crippen MR) is 118 cm³/mol. The van der Waals surface area contributed by atoms with Crippen molar-refractivity contribution < 1.29 is 57.0 Å². The van der Waals surface area contributed by atoms with Crippen molar-refractivity contribution in [2.75, 3.05) is 13.2 Å². The van der Waals surface area contributed by atoms with Crippen LogP contribution in [0.4, 0.5) is 30.7 Å². The highest BCUT2D eigenvalue weighted by Gasteiger charge is 2.49. The van der Waals surface area contributed by atoms with E-state index < -0.39 is 66.1 Å². The van der Waals surface area contributed by atoms with E-state index in [-0.39, 0.29) is 10.5 Å². The smallest absolute Gasteiger partial charge is 0.494 e. The molecule has 0 atom stereocenters. The minimum absolute atomic E-state index is 0.0123. The quantitative estimate of drug-likeness (QED) is 0.203. The Hall–Kier alpha value is -2.85. The molecule has 0 radical (unpaired) electrons. The zero-order valence-corrected chi connectivity index (χ0v) is 20.4. The van der Waals surface area contributed by atoms with E-state index in [0.717, 1.165) is 5.56 Å². The molecule has 7 nitrogen and oxygen atoms in total. The minimum atomic E-state index is -6.68. The zero-order valence-electron chi connectivity index (χ0n) is 18.7. The Morgan fingerprint density at radius 2 is 1.27 bits per heavy atom. The fourth-order valence-corrected chi connectivity index (χ4v) is 5.33. The second kappa shape index (κ2) is 12.1. The number of nitrogens with one attached hydrogen (secondary N) is 1. The van der Waals surface area contributed by atoms with Crippen molar-refractivity contribution in [2.24, 2.45) is 0 Å². The van der Waals surface area contributed by atoms with Crippen molar-refractivity contribution in [2.45, 2.75) is 36.1 Å². The second-order valence-corrected chi connectivity index (χ2v) is 10.9. The van der Waals surface area contributed by atoms with E-state index in [9.17, 15) is 47.6 Å². The van der Waals surface area contributed by atoms with E-state index in [0.29, 0.717) is 31.6 Å². The fraction of sp³-hybridized carbons (Fsp3) is 0.333. The van der Waals surface area contributed by atoms with Crippen LogP contribution in [0.5, 0.6) is 11.5 Å². The highest BCUT2D eigenvalue weighted by Crippen LogP contribution is 2.33. The molecule has 16 heteroatoms. The summed E-state index contributed by atoms with van der Waals surface area (Å²) >= 11 is 0. The second-order valence-electron chi connectivity index (χ2n) is 7.33. The lowest BCUT2D eigenvalue weighted by atomic mass is 10.2. The van der Waals surface area contributed by atoms with Crippen molar-refractivity contribution in [1.82, 2.24) is 4.13 Å². The largest absolute Gasteiger partial charge is 0.512 e. The van der Waals surface area contributed by atoms with Gasteiger partial charge in [-0.2, -0.15) is 22.0 Å². The van der Waals surface area contributed by atoms with Gasteiger partial charge in [-0.3, -0.25) is 0 Å². The molecule has 0 unspecified atom stereocenters. The molecule has 0 heterocycles. The maximum Gasteiger partial charge on any atom is 0.512 e. The van der Waals surface area contributed by atoms with E-state index in [1.807, 2.05) is 12.1 Å². The van der Waals surface area contributed by atoms with Crippen LogP contribution in [0.25, 0.3) is 6.08 Å². The van der Waals surface area contributed by atoms with Crippen LogP contribution in [0.15, 0.2) is 35.7 Å². The van der Waals surface area contributed by atoms with Crippen LogP contribution in [-0.2, 0) is 20.0 Å². The van der Waals surface area contributed by atoms with Crippen molar-refractivity contribution in [3.8, 4) is 11.5 Å². The van der Waals surface area contributed by atoms with Gasteiger partial charge in [0.1, 0.15) is 5.75 Å². The number of alkyl halides is 3. The number of halogens is 7. The monoisotopic (exact) mass is 579 g/mol. The van der Waals surface area contributed by atoms with Crippen LogP contribution in [-0.4, -0.2) is 35.6 Å². The van der Waals surface area contributed by atoms with Gasteiger partial charge in [0.05, 0.1) is 13.2 Å². The third-order valence-electron chi connectivity index (χ3n) is 4.65. The van der Waals surface area contributed by atoms with Crippen LogP contribution in [0, 0.1) is 23.3 Å². The Kier molecular flexibility index (Phi) is 9.96. The van der Waals surface area contributed by atoms with Gasteiger partial charge in [0, 0.05) is 0 Å². The summed E-state index contributed by atoms with van der Waals surface area (Å²) in [5.41, 5.74) is -5.28. The number of benzene rings is 2. The molecular weight excluding hydrogens is 559 g/mol. The van der Waals surface area contributed by atoms with Crippen LogP contribution in [0.2, 0.25) is 0 Å². The number of sulfonamides is 2. The molecule has 0 aliphatic carbocycles. The number of ether oxygens (including phenoxy) is 2. The van der Waals surface area contributed by atoms with Crippen LogP contribution in [0.1, 0.15) is 31.2 Å². The Balaban J connectivity index is 1.95. The topological polar surface area (TPSA) is 98.8 Å². The molecule has 0 fully saturated rings. The Bertz CT molecular complexity index is 1300. The third-order valence-corrected chi connectivity index (χ3v) is 7.91. The molecule has 1 N–H and O–H groups in total. The van der Waals surface area contributed by atoms with Crippen molar-refractivity contribution >= 4 is 26.1 Å². The highest BCUT2D eigenvalue weighted by molar-refractivity contribution is 8.05. The molecule has 0 aromatic heterocycles. The summed E-state index contributed by atoms with van der Waals surface area (Å²) in [4.78, 5) is -2.60. The van der Waals surface area contributed by atoms with E-state index in [1.165, 1.54) is 0 Å². The molecule has 0 saturated heterocycles. The lowest BCUT2D eigenvalue weighted by Crippen LogP contribution is -2.40. The SMILES string of the molecule is C=Cc1ccc(OCCCCCCOc2c(F)c(F)c(S(=O)(=O)NS(=O)(=O)C(F)(F)F)c(F)c2F)cc1. The molecule has 2 rings (SSSR count). The average molecular weight is 580 g/mol. The number of hydrogen-bond acceptors (Lipinski definition) is 6. The summed E-state index contributed by atoms with van der Waals surface area (Å²) in [6.45, 7) is 3.54. The lowest BCUT2D eigenvalue weighted by Gasteiger charge is -2.14. The molecule has 0 aliphatic heterocycles. The average Bonchev–Trinajstić information content (AvgIpc) is 2.80. The van der Waals surface area contributed by atoms with Gasteiger partial charge in [-0.05, 0) is 43.4 Å². The van der Waals surface area contributed by atoms with Gasteiger partial charge in [-0.25, -0.2) is 25.6 Å². The third kappa shape index (κ3) is 7.58. The minimum Gasteiger partial charge on any atom is -0.494 e. The van der Waals surface area contributed by atoms with Crippen LogP contribution in [0.3, 0.4) is 0 Å². The van der Waals surface area contributed by atoms with Crippen LogP contribution < -0.4 is 13.6 Å². The molecule has 0 aliphatic rings. The van der Waals surface area contributed by atoms with E-state index in [1.54, 1.807) is 18.2 Å². The first-order valence-electron chi connectivity index (χ1n) is 10.3. The first-order valence-corrected chi connectivity index (χ1v) is 13.3. The first-order chi connectivity index (χ1) is 17.1. The molecule has 37 heavy (non-hydrogen) atoms. The molecule has 2 aromatic rings. The number of rotatable bonds is 13. The molecule has 2 aromatic carbocycles. The van der Waals surface area contributed by atoms with E-state index in [2.05, 4.69) is 11.3 Å².